The van der Waals surface area contributed by atoms with Crippen molar-refractivity contribution in [3.63, 3.8) is 0 Å². The van der Waals surface area contributed by atoms with Crippen molar-refractivity contribution in [3.05, 3.63) is 64.2 Å². The Hall–Kier alpha value is -2.15. The number of thioether (sulfide) groups is 1. The monoisotopic (exact) mass is 510 g/mol. The van der Waals surface area contributed by atoms with Gasteiger partial charge in [0.25, 0.3) is 0 Å². The van der Waals surface area contributed by atoms with E-state index < -0.39 is 5.66 Å². The maximum Gasteiger partial charge on any atom is 0.234 e. The van der Waals surface area contributed by atoms with Gasteiger partial charge in [-0.25, -0.2) is 4.99 Å². The Balaban J connectivity index is 1.54. The minimum absolute atomic E-state index is 0.0766. The first kappa shape index (κ1) is 25.9. The average molecular weight is 511 g/mol. The van der Waals surface area contributed by atoms with E-state index in [0.29, 0.717) is 5.02 Å². The molecule has 2 heterocycles. The predicted molar refractivity (Wildman–Crippen MR) is 150 cm³/mol. The minimum atomic E-state index is -0.411. The van der Waals surface area contributed by atoms with Crippen molar-refractivity contribution < 1.29 is 4.79 Å². The number of nitrogens with zero attached hydrogens (tertiary/aromatic N) is 3. The SMILES string of the molecule is CCN1CCC2(CC1)N=C(SCC(=O)Nc1cccc(Cl)c1C)C(c1ccc(C(C)(C)C)cc1)=N2. The number of halogens is 1. The zero-order valence-electron chi connectivity index (χ0n) is 21.3. The topological polar surface area (TPSA) is 57.1 Å². The number of anilines is 1. The fourth-order valence-corrected chi connectivity index (χ4v) is 5.50. The lowest BCUT2D eigenvalue weighted by Crippen LogP contribution is -2.41. The zero-order chi connectivity index (χ0) is 25.2. The van der Waals surface area contributed by atoms with Crippen molar-refractivity contribution in [2.24, 2.45) is 9.98 Å². The smallest absolute Gasteiger partial charge is 0.234 e. The summed E-state index contributed by atoms with van der Waals surface area (Å²) in [7, 11) is 0. The molecule has 2 aromatic carbocycles. The lowest BCUT2D eigenvalue weighted by atomic mass is 9.86. The summed E-state index contributed by atoms with van der Waals surface area (Å²) in [6.07, 6.45) is 1.81. The molecule has 1 N–H and O–H groups in total. The van der Waals surface area contributed by atoms with Crippen LogP contribution >= 0.6 is 23.4 Å². The minimum Gasteiger partial charge on any atom is -0.325 e. The van der Waals surface area contributed by atoms with Crippen LogP contribution in [0.5, 0.6) is 0 Å². The van der Waals surface area contributed by atoms with E-state index in [1.165, 1.54) is 17.3 Å². The van der Waals surface area contributed by atoms with Crippen molar-refractivity contribution in [3.8, 4) is 0 Å². The third-order valence-electron chi connectivity index (χ3n) is 6.84. The van der Waals surface area contributed by atoms with E-state index >= 15 is 0 Å². The molecule has 0 atom stereocenters. The molecule has 2 aromatic rings. The summed E-state index contributed by atoms with van der Waals surface area (Å²) in [5.41, 5.74) is 4.55. The molecule has 35 heavy (non-hydrogen) atoms. The maximum absolute atomic E-state index is 12.8. The molecular formula is C28H35ClN4OS. The highest BCUT2D eigenvalue weighted by Gasteiger charge is 2.39. The third-order valence-corrected chi connectivity index (χ3v) is 8.22. The molecule has 5 nitrogen and oxygen atoms in total. The quantitative estimate of drug-likeness (QED) is 0.511. The van der Waals surface area contributed by atoms with Gasteiger partial charge in [-0.15, -0.1) is 0 Å². The normalized spacial score (nSPS) is 17.9. The van der Waals surface area contributed by atoms with E-state index in [-0.39, 0.29) is 17.1 Å². The van der Waals surface area contributed by atoms with Gasteiger partial charge in [-0.3, -0.25) is 9.79 Å². The first-order valence-electron chi connectivity index (χ1n) is 12.3. The largest absolute Gasteiger partial charge is 0.325 e. The zero-order valence-corrected chi connectivity index (χ0v) is 22.9. The van der Waals surface area contributed by atoms with E-state index in [2.05, 4.69) is 62.2 Å². The van der Waals surface area contributed by atoms with Crippen LogP contribution < -0.4 is 5.32 Å². The van der Waals surface area contributed by atoms with Crippen LogP contribution in [0.1, 0.15) is 57.2 Å². The van der Waals surface area contributed by atoms with E-state index in [9.17, 15) is 4.79 Å². The number of aliphatic imine (C=N–C) groups is 2. The molecular weight excluding hydrogens is 476 g/mol. The number of piperidine rings is 1. The van der Waals surface area contributed by atoms with Gasteiger partial charge in [0.1, 0.15) is 5.04 Å². The van der Waals surface area contributed by atoms with E-state index in [1.54, 1.807) is 0 Å². The number of rotatable bonds is 5. The van der Waals surface area contributed by atoms with Crippen LogP contribution in [0.3, 0.4) is 0 Å². The summed E-state index contributed by atoms with van der Waals surface area (Å²) in [6.45, 7) is 13.8. The first-order valence-corrected chi connectivity index (χ1v) is 13.7. The lowest BCUT2D eigenvalue weighted by molar-refractivity contribution is -0.113. The Kier molecular flexibility index (Phi) is 7.74. The predicted octanol–water partition coefficient (Wildman–Crippen LogP) is 6.33. The molecule has 2 aliphatic rings. The van der Waals surface area contributed by atoms with Gasteiger partial charge in [-0.05, 0) is 42.1 Å². The maximum atomic E-state index is 12.8. The highest BCUT2D eigenvalue weighted by molar-refractivity contribution is 8.16. The van der Waals surface area contributed by atoms with Gasteiger partial charge in [-0.1, -0.05) is 81.4 Å². The van der Waals surface area contributed by atoms with Gasteiger partial charge in [-0.2, -0.15) is 0 Å². The summed E-state index contributed by atoms with van der Waals surface area (Å²) in [4.78, 5) is 25.6. The number of hydrogen-bond donors (Lipinski definition) is 1. The van der Waals surface area contributed by atoms with Crippen molar-refractivity contribution in [2.45, 2.75) is 58.5 Å². The number of carbonyl (C=O) groups is 1. The molecule has 1 amide bonds. The van der Waals surface area contributed by atoms with Crippen LogP contribution in [0.25, 0.3) is 0 Å². The lowest BCUT2D eigenvalue weighted by Gasteiger charge is -2.34. The van der Waals surface area contributed by atoms with E-state index in [0.717, 1.165) is 60.0 Å². The second-order valence-corrected chi connectivity index (χ2v) is 11.7. The van der Waals surface area contributed by atoms with E-state index in [4.69, 9.17) is 21.6 Å². The fraction of sp³-hybridized carbons (Fsp3) is 0.464. The number of hydrogen-bond acceptors (Lipinski definition) is 5. The van der Waals surface area contributed by atoms with Crippen LogP contribution in [0, 0.1) is 6.92 Å². The Labute approximate surface area is 218 Å². The number of nitrogens with one attached hydrogen (secondary N) is 1. The fourth-order valence-electron chi connectivity index (χ4n) is 4.45. The van der Waals surface area contributed by atoms with Crippen molar-refractivity contribution in [2.75, 3.05) is 30.7 Å². The van der Waals surface area contributed by atoms with Gasteiger partial charge in [0.2, 0.25) is 5.91 Å². The summed E-state index contributed by atoms with van der Waals surface area (Å²) >= 11 is 7.68. The van der Waals surface area contributed by atoms with Crippen LogP contribution in [0.15, 0.2) is 52.4 Å². The summed E-state index contributed by atoms with van der Waals surface area (Å²) < 4.78 is 0. The van der Waals surface area contributed by atoms with Gasteiger partial charge in [0.15, 0.2) is 5.66 Å². The number of amides is 1. The molecule has 1 saturated heterocycles. The molecule has 0 aromatic heterocycles. The molecule has 0 unspecified atom stereocenters. The van der Waals surface area contributed by atoms with Crippen LogP contribution in [0.4, 0.5) is 5.69 Å². The highest BCUT2D eigenvalue weighted by atomic mass is 35.5. The highest BCUT2D eigenvalue weighted by Crippen LogP contribution is 2.36. The van der Waals surface area contributed by atoms with Crippen molar-refractivity contribution in [1.82, 2.24) is 4.90 Å². The number of benzene rings is 2. The first-order chi connectivity index (χ1) is 16.6. The Morgan fingerprint density at radius 2 is 1.80 bits per heavy atom. The van der Waals surface area contributed by atoms with Crippen molar-refractivity contribution in [1.29, 1.82) is 0 Å². The van der Waals surface area contributed by atoms with Crippen molar-refractivity contribution >= 4 is 45.7 Å². The molecule has 0 aliphatic carbocycles. The van der Waals surface area contributed by atoms with Gasteiger partial charge >= 0.3 is 0 Å². The number of carbonyl (C=O) groups excluding carboxylic acids is 1. The molecule has 2 aliphatic heterocycles. The van der Waals surface area contributed by atoms with Crippen LogP contribution in [0.2, 0.25) is 5.02 Å². The number of likely N-dealkylation sites (tertiary alicyclic amines) is 1. The Morgan fingerprint density at radius 3 is 2.43 bits per heavy atom. The Bertz CT molecular complexity index is 1140. The van der Waals surface area contributed by atoms with E-state index in [1.807, 2.05) is 25.1 Å². The van der Waals surface area contributed by atoms with Crippen LogP contribution in [-0.4, -0.2) is 52.6 Å². The molecule has 1 fully saturated rings. The summed E-state index contributed by atoms with van der Waals surface area (Å²) in [5, 5.41) is 4.49. The molecule has 0 bridgehead atoms. The molecule has 1 spiro atoms. The van der Waals surface area contributed by atoms with Gasteiger partial charge in [0.05, 0.1) is 11.5 Å². The molecule has 0 saturated carbocycles. The molecule has 4 rings (SSSR count). The average Bonchev–Trinajstić information content (AvgIpc) is 3.19. The molecule has 186 valence electrons. The standard InChI is InChI=1S/C28H35ClN4OS/c1-6-33-16-14-28(15-17-33)31-25(20-10-12-21(13-11-20)27(3,4)5)26(32-28)35-18-24(34)30-23-9-7-8-22(29)19(23)2/h7-13H,6,14-18H2,1-5H3,(H,30,34). The second-order valence-electron chi connectivity index (χ2n) is 10.4. The molecule has 7 heteroatoms. The summed E-state index contributed by atoms with van der Waals surface area (Å²) in [5.74, 6) is 0.188. The second kappa shape index (κ2) is 10.5. The third kappa shape index (κ3) is 5.99. The van der Waals surface area contributed by atoms with Crippen LogP contribution in [-0.2, 0) is 10.2 Å². The summed E-state index contributed by atoms with van der Waals surface area (Å²) in [6, 6.07) is 14.2. The van der Waals surface area contributed by atoms with Gasteiger partial charge < -0.3 is 10.2 Å². The van der Waals surface area contributed by atoms with Gasteiger partial charge in [0, 0.05) is 42.2 Å². The molecule has 0 radical (unpaired) electrons. The Morgan fingerprint density at radius 1 is 1.11 bits per heavy atom.